The highest BCUT2D eigenvalue weighted by Gasteiger charge is 2.06. The van der Waals surface area contributed by atoms with Gasteiger partial charge in [-0.05, 0) is 44.6 Å². The van der Waals surface area contributed by atoms with Crippen molar-refractivity contribution in [3.63, 3.8) is 0 Å². The summed E-state index contributed by atoms with van der Waals surface area (Å²) in [6, 6.07) is 5.23. The summed E-state index contributed by atoms with van der Waals surface area (Å²) >= 11 is 0. The van der Waals surface area contributed by atoms with E-state index in [-0.39, 0.29) is 29.8 Å². The van der Waals surface area contributed by atoms with Gasteiger partial charge in [-0.3, -0.25) is 4.99 Å². The number of unbranched alkanes of at least 4 members (excludes halogenated alkanes) is 1. The molecule has 0 unspecified atom stereocenters. The van der Waals surface area contributed by atoms with Crippen molar-refractivity contribution in [2.75, 3.05) is 40.9 Å². The van der Waals surface area contributed by atoms with Gasteiger partial charge in [0.15, 0.2) is 5.96 Å². The zero-order valence-corrected chi connectivity index (χ0v) is 18.8. The average Bonchev–Trinajstić information content (AvgIpc) is 2.59. The second-order valence-electron chi connectivity index (χ2n) is 6.34. The third kappa shape index (κ3) is 10.9. The fraction of sp³-hybridized carbons (Fsp3) is 0.632. The number of halogens is 2. The lowest BCUT2D eigenvalue weighted by Crippen LogP contribution is -2.37. The van der Waals surface area contributed by atoms with Crippen LogP contribution in [0.2, 0.25) is 0 Å². The third-order valence-electron chi connectivity index (χ3n) is 3.68. The molecule has 26 heavy (non-hydrogen) atoms. The predicted octanol–water partition coefficient (Wildman–Crippen LogP) is 3.38. The summed E-state index contributed by atoms with van der Waals surface area (Å²) in [6.07, 6.45) is 3.21. The van der Waals surface area contributed by atoms with Gasteiger partial charge >= 0.3 is 0 Å². The fourth-order valence-corrected chi connectivity index (χ4v) is 2.34. The molecule has 2 N–H and O–H groups in total. The number of nitrogens with one attached hydrogen (secondary N) is 2. The van der Waals surface area contributed by atoms with E-state index >= 15 is 0 Å². The van der Waals surface area contributed by atoms with Crippen LogP contribution in [-0.2, 0) is 17.8 Å². The summed E-state index contributed by atoms with van der Waals surface area (Å²) in [5.41, 5.74) is 1.74. The van der Waals surface area contributed by atoms with E-state index in [4.69, 9.17) is 4.74 Å². The minimum Gasteiger partial charge on any atom is -0.381 e. The zero-order valence-electron chi connectivity index (χ0n) is 16.5. The molecule has 0 saturated heterocycles. The average molecular weight is 480 g/mol. The normalized spacial score (nSPS) is 11.4. The highest BCUT2D eigenvalue weighted by atomic mass is 127. The lowest BCUT2D eigenvalue weighted by atomic mass is 10.1. The van der Waals surface area contributed by atoms with Crippen LogP contribution in [0.4, 0.5) is 4.39 Å². The van der Waals surface area contributed by atoms with Gasteiger partial charge in [0, 0.05) is 45.5 Å². The minimum absolute atomic E-state index is 0. The molecule has 0 spiro atoms. The molecule has 0 amide bonds. The predicted molar refractivity (Wildman–Crippen MR) is 118 cm³/mol. The van der Waals surface area contributed by atoms with Crippen molar-refractivity contribution in [1.29, 1.82) is 0 Å². The van der Waals surface area contributed by atoms with Crippen LogP contribution >= 0.6 is 24.0 Å². The van der Waals surface area contributed by atoms with Crippen molar-refractivity contribution in [2.45, 2.75) is 39.3 Å². The Morgan fingerprint density at radius 1 is 1.19 bits per heavy atom. The zero-order chi connectivity index (χ0) is 18.5. The van der Waals surface area contributed by atoms with Crippen molar-refractivity contribution < 1.29 is 9.13 Å². The Balaban J connectivity index is 0.00000625. The van der Waals surface area contributed by atoms with Gasteiger partial charge in [-0.15, -0.1) is 24.0 Å². The number of aliphatic imine (C=N–C) groups is 1. The quantitative estimate of drug-likeness (QED) is 0.221. The van der Waals surface area contributed by atoms with Gasteiger partial charge in [0.1, 0.15) is 5.82 Å². The lowest BCUT2D eigenvalue weighted by molar-refractivity contribution is 0.129. The van der Waals surface area contributed by atoms with E-state index in [1.807, 2.05) is 25.1 Å². The highest BCUT2D eigenvalue weighted by Crippen LogP contribution is 2.12. The molecule has 7 heteroatoms. The van der Waals surface area contributed by atoms with E-state index < -0.39 is 0 Å². The van der Waals surface area contributed by atoms with Gasteiger partial charge in [0.2, 0.25) is 0 Å². The number of hydrogen-bond donors (Lipinski definition) is 2. The van der Waals surface area contributed by atoms with Crippen LogP contribution in [0.1, 0.15) is 37.3 Å². The number of guanidine groups is 1. The topological polar surface area (TPSA) is 48.9 Å². The van der Waals surface area contributed by atoms with Crippen LogP contribution in [0.25, 0.3) is 0 Å². The van der Waals surface area contributed by atoms with Gasteiger partial charge in [0.25, 0.3) is 0 Å². The summed E-state index contributed by atoms with van der Waals surface area (Å²) in [6.45, 7) is 5.75. The van der Waals surface area contributed by atoms with E-state index in [9.17, 15) is 4.39 Å². The summed E-state index contributed by atoms with van der Waals surface area (Å²) < 4.78 is 19.4. The van der Waals surface area contributed by atoms with Gasteiger partial charge in [-0.1, -0.05) is 19.4 Å². The molecule has 5 nitrogen and oxygen atoms in total. The van der Waals surface area contributed by atoms with Crippen molar-refractivity contribution in [2.24, 2.45) is 4.99 Å². The monoisotopic (exact) mass is 480 g/mol. The van der Waals surface area contributed by atoms with Crippen molar-refractivity contribution in [1.82, 2.24) is 15.5 Å². The summed E-state index contributed by atoms with van der Waals surface area (Å²) in [4.78, 5) is 6.17. The maximum Gasteiger partial charge on any atom is 0.191 e. The van der Waals surface area contributed by atoms with E-state index in [0.29, 0.717) is 18.7 Å². The number of hydrogen-bond acceptors (Lipinski definition) is 3. The summed E-state index contributed by atoms with van der Waals surface area (Å²) in [7, 11) is 5.61. The lowest BCUT2D eigenvalue weighted by Gasteiger charge is -2.14. The Morgan fingerprint density at radius 2 is 1.92 bits per heavy atom. The first kappa shape index (κ1) is 25.1. The van der Waals surface area contributed by atoms with Crippen molar-refractivity contribution in [3.05, 3.63) is 35.1 Å². The largest absolute Gasteiger partial charge is 0.381 e. The Hall–Kier alpha value is -0.930. The molecule has 1 aromatic rings. The standard InChI is InChI=1S/C19H33FN4O.HI/c1-5-6-11-25-12-7-10-22-19(21-2)23-14-16-8-9-18(20)17(13-16)15-24(3)4;/h8-9,13H,5-7,10-12,14-15H2,1-4H3,(H2,21,22,23);1H. The Labute approximate surface area is 174 Å². The van der Waals surface area contributed by atoms with Crippen molar-refractivity contribution in [3.8, 4) is 0 Å². The van der Waals surface area contributed by atoms with Gasteiger partial charge < -0.3 is 20.3 Å². The number of benzene rings is 1. The number of rotatable bonds is 11. The van der Waals surface area contributed by atoms with Gasteiger partial charge in [-0.2, -0.15) is 0 Å². The number of nitrogens with zero attached hydrogens (tertiary/aromatic N) is 2. The molecule has 0 atom stereocenters. The Kier molecular flexibility index (Phi) is 14.6. The van der Waals surface area contributed by atoms with Crippen LogP contribution in [0, 0.1) is 5.82 Å². The third-order valence-corrected chi connectivity index (χ3v) is 3.68. The molecule has 0 aliphatic rings. The summed E-state index contributed by atoms with van der Waals surface area (Å²) in [5.74, 6) is 0.579. The smallest absolute Gasteiger partial charge is 0.191 e. The first-order chi connectivity index (χ1) is 12.1. The van der Waals surface area contributed by atoms with E-state index in [2.05, 4.69) is 22.5 Å². The molecule has 0 heterocycles. The molecule has 0 aliphatic heterocycles. The second-order valence-corrected chi connectivity index (χ2v) is 6.34. The molecule has 1 rings (SSSR count). The molecule has 0 radical (unpaired) electrons. The van der Waals surface area contributed by atoms with Crippen molar-refractivity contribution >= 4 is 29.9 Å². The maximum absolute atomic E-state index is 13.8. The fourth-order valence-electron chi connectivity index (χ4n) is 2.34. The first-order valence-corrected chi connectivity index (χ1v) is 9.01. The van der Waals surface area contributed by atoms with E-state index in [1.54, 1.807) is 13.1 Å². The van der Waals surface area contributed by atoms with Crippen LogP contribution in [0.15, 0.2) is 23.2 Å². The van der Waals surface area contributed by atoms with Crippen LogP contribution in [-0.4, -0.2) is 51.8 Å². The molecular weight excluding hydrogens is 446 g/mol. The molecule has 0 bridgehead atoms. The molecule has 0 fully saturated rings. The molecule has 150 valence electrons. The SMILES string of the molecule is CCCCOCCCNC(=NC)NCc1ccc(F)c(CN(C)C)c1.I. The first-order valence-electron chi connectivity index (χ1n) is 9.01. The van der Waals surface area contributed by atoms with E-state index in [0.717, 1.165) is 50.5 Å². The molecule has 0 saturated carbocycles. The van der Waals surface area contributed by atoms with Gasteiger partial charge in [-0.25, -0.2) is 4.39 Å². The van der Waals surface area contributed by atoms with Crippen LogP contribution in [0.5, 0.6) is 0 Å². The summed E-state index contributed by atoms with van der Waals surface area (Å²) in [5, 5.41) is 6.52. The molecule has 1 aromatic carbocycles. The number of ether oxygens (including phenoxy) is 1. The van der Waals surface area contributed by atoms with Gasteiger partial charge in [0.05, 0.1) is 0 Å². The molecule has 0 aliphatic carbocycles. The Morgan fingerprint density at radius 3 is 2.58 bits per heavy atom. The highest BCUT2D eigenvalue weighted by molar-refractivity contribution is 14.0. The molecule has 0 aromatic heterocycles. The maximum atomic E-state index is 13.8. The van der Waals surface area contributed by atoms with E-state index in [1.165, 1.54) is 6.07 Å². The minimum atomic E-state index is -0.164. The Bertz CT molecular complexity index is 526. The molecular formula is C19H34FIN4O. The van der Waals surface area contributed by atoms with Crippen LogP contribution in [0.3, 0.4) is 0 Å². The second kappa shape index (κ2) is 15.2. The van der Waals surface area contributed by atoms with Crippen LogP contribution < -0.4 is 10.6 Å².